The normalized spacial score (nSPS) is 10.3. The molecule has 0 fully saturated rings. The molecule has 3 aromatic rings. The number of aromatic nitrogens is 1. The first-order chi connectivity index (χ1) is 12.2. The van der Waals surface area contributed by atoms with Crippen molar-refractivity contribution in [3.05, 3.63) is 76.8 Å². The standard InChI is InChI=1S/C19H15NO4S/c1-23-18(21)15-9-5-6-13(10-15)11-24-19(22)16-12-25-17(20-16)14-7-3-2-4-8-14/h2-10,12H,11H2,1H3. The molecule has 1 aromatic heterocycles. The topological polar surface area (TPSA) is 65.5 Å². The van der Waals surface area contributed by atoms with Gasteiger partial charge in [0.1, 0.15) is 11.6 Å². The Kier molecular flexibility index (Phi) is 5.20. The molecule has 1 heterocycles. The van der Waals surface area contributed by atoms with E-state index in [9.17, 15) is 9.59 Å². The largest absolute Gasteiger partial charge is 0.465 e. The molecular weight excluding hydrogens is 338 g/mol. The summed E-state index contributed by atoms with van der Waals surface area (Å²) < 4.78 is 9.96. The third-order valence-electron chi connectivity index (χ3n) is 3.45. The van der Waals surface area contributed by atoms with E-state index in [1.807, 2.05) is 30.3 Å². The van der Waals surface area contributed by atoms with E-state index in [0.29, 0.717) is 11.1 Å². The number of benzene rings is 2. The van der Waals surface area contributed by atoms with Crippen molar-refractivity contribution < 1.29 is 19.1 Å². The van der Waals surface area contributed by atoms with E-state index >= 15 is 0 Å². The highest BCUT2D eigenvalue weighted by molar-refractivity contribution is 7.13. The number of esters is 2. The Hall–Kier alpha value is -2.99. The van der Waals surface area contributed by atoms with E-state index in [-0.39, 0.29) is 12.3 Å². The maximum atomic E-state index is 12.2. The molecule has 25 heavy (non-hydrogen) atoms. The zero-order valence-electron chi connectivity index (χ0n) is 13.5. The summed E-state index contributed by atoms with van der Waals surface area (Å²) in [5.41, 5.74) is 2.34. The summed E-state index contributed by atoms with van der Waals surface area (Å²) in [6.45, 7) is 0.0574. The highest BCUT2D eigenvalue weighted by atomic mass is 32.1. The van der Waals surface area contributed by atoms with Gasteiger partial charge in [0.2, 0.25) is 0 Å². The molecule has 5 nitrogen and oxygen atoms in total. The molecule has 0 aliphatic rings. The molecule has 0 atom stereocenters. The van der Waals surface area contributed by atoms with Crippen LogP contribution in [0.25, 0.3) is 10.6 Å². The summed E-state index contributed by atoms with van der Waals surface area (Å²) in [6, 6.07) is 16.4. The number of carbonyl (C=O) groups is 2. The van der Waals surface area contributed by atoms with Crippen LogP contribution >= 0.6 is 11.3 Å². The Balaban J connectivity index is 1.65. The van der Waals surface area contributed by atoms with Crippen molar-refractivity contribution >= 4 is 23.3 Å². The summed E-state index contributed by atoms with van der Waals surface area (Å²) in [5.74, 6) is -0.929. The average Bonchev–Trinajstić information content (AvgIpc) is 3.17. The fraction of sp³-hybridized carbons (Fsp3) is 0.105. The van der Waals surface area contributed by atoms with E-state index in [1.165, 1.54) is 18.4 Å². The van der Waals surface area contributed by atoms with Gasteiger partial charge in [-0.25, -0.2) is 14.6 Å². The number of rotatable bonds is 5. The molecule has 6 heteroatoms. The maximum Gasteiger partial charge on any atom is 0.358 e. The number of carbonyl (C=O) groups excluding carboxylic acids is 2. The molecule has 0 amide bonds. The lowest BCUT2D eigenvalue weighted by molar-refractivity contribution is 0.0467. The second-order valence-corrected chi connectivity index (χ2v) is 6.03. The van der Waals surface area contributed by atoms with Crippen LogP contribution in [0.15, 0.2) is 60.0 Å². The highest BCUT2D eigenvalue weighted by Gasteiger charge is 2.14. The summed E-state index contributed by atoms with van der Waals surface area (Å²) >= 11 is 1.39. The molecule has 0 unspecified atom stereocenters. The summed E-state index contributed by atoms with van der Waals surface area (Å²) in [7, 11) is 1.32. The number of ether oxygens (including phenoxy) is 2. The monoisotopic (exact) mass is 353 g/mol. The lowest BCUT2D eigenvalue weighted by Crippen LogP contribution is -2.07. The van der Waals surface area contributed by atoms with Crippen LogP contribution in [-0.2, 0) is 16.1 Å². The van der Waals surface area contributed by atoms with Gasteiger partial charge >= 0.3 is 11.9 Å². The second-order valence-electron chi connectivity index (χ2n) is 5.17. The predicted molar refractivity (Wildman–Crippen MR) is 94.5 cm³/mol. The lowest BCUT2D eigenvalue weighted by atomic mass is 10.1. The minimum Gasteiger partial charge on any atom is -0.465 e. The van der Waals surface area contributed by atoms with Gasteiger partial charge in [0.05, 0.1) is 12.7 Å². The first-order valence-electron chi connectivity index (χ1n) is 7.52. The number of hydrogen-bond donors (Lipinski definition) is 0. The van der Waals surface area contributed by atoms with Gasteiger partial charge in [-0.05, 0) is 17.7 Å². The average molecular weight is 353 g/mol. The van der Waals surface area contributed by atoms with Gasteiger partial charge in [-0.1, -0.05) is 42.5 Å². The Morgan fingerprint density at radius 3 is 2.60 bits per heavy atom. The quantitative estimate of drug-likeness (QED) is 0.650. The van der Waals surface area contributed by atoms with Crippen LogP contribution < -0.4 is 0 Å². The van der Waals surface area contributed by atoms with Crippen LogP contribution in [0.1, 0.15) is 26.4 Å². The number of methoxy groups -OCH3 is 1. The van der Waals surface area contributed by atoms with Crippen molar-refractivity contribution in [1.82, 2.24) is 4.98 Å². The third-order valence-corrected chi connectivity index (χ3v) is 4.34. The summed E-state index contributed by atoms with van der Waals surface area (Å²) in [4.78, 5) is 28.0. The van der Waals surface area contributed by atoms with Gasteiger partial charge in [-0.15, -0.1) is 11.3 Å². The van der Waals surface area contributed by atoms with Crippen molar-refractivity contribution in [2.75, 3.05) is 7.11 Å². The maximum absolute atomic E-state index is 12.2. The first-order valence-corrected chi connectivity index (χ1v) is 8.40. The Morgan fingerprint density at radius 2 is 1.84 bits per heavy atom. The van der Waals surface area contributed by atoms with E-state index in [1.54, 1.807) is 29.6 Å². The van der Waals surface area contributed by atoms with Crippen molar-refractivity contribution in [3.8, 4) is 10.6 Å². The molecular formula is C19H15NO4S. The number of nitrogens with zero attached hydrogens (tertiary/aromatic N) is 1. The van der Waals surface area contributed by atoms with Gasteiger partial charge in [0.25, 0.3) is 0 Å². The van der Waals surface area contributed by atoms with Crippen molar-refractivity contribution in [2.24, 2.45) is 0 Å². The molecule has 0 aliphatic carbocycles. The van der Waals surface area contributed by atoms with E-state index in [0.717, 1.165) is 10.6 Å². The van der Waals surface area contributed by atoms with Gasteiger partial charge in [0.15, 0.2) is 5.69 Å². The zero-order chi connectivity index (χ0) is 17.6. The lowest BCUT2D eigenvalue weighted by Gasteiger charge is -2.05. The Bertz CT molecular complexity index is 889. The molecule has 2 aromatic carbocycles. The second kappa shape index (κ2) is 7.72. The van der Waals surface area contributed by atoms with Gasteiger partial charge < -0.3 is 9.47 Å². The number of hydrogen-bond acceptors (Lipinski definition) is 6. The summed E-state index contributed by atoms with van der Waals surface area (Å²) in [5, 5.41) is 2.44. The third kappa shape index (κ3) is 4.10. The van der Waals surface area contributed by atoms with E-state index in [4.69, 9.17) is 4.74 Å². The molecule has 126 valence electrons. The van der Waals surface area contributed by atoms with E-state index < -0.39 is 11.9 Å². The SMILES string of the molecule is COC(=O)c1cccc(COC(=O)c2csc(-c3ccccc3)n2)c1. The van der Waals surface area contributed by atoms with Crippen LogP contribution in [-0.4, -0.2) is 24.0 Å². The molecule has 0 saturated carbocycles. The van der Waals surface area contributed by atoms with Crippen LogP contribution in [0, 0.1) is 0 Å². The van der Waals surface area contributed by atoms with Crippen LogP contribution in [0.4, 0.5) is 0 Å². The van der Waals surface area contributed by atoms with Crippen molar-refractivity contribution in [2.45, 2.75) is 6.61 Å². The molecule has 0 aliphatic heterocycles. The predicted octanol–water partition coefficient (Wildman–Crippen LogP) is 3.95. The minimum absolute atomic E-state index is 0.0574. The Morgan fingerprint density at radius 1 is 1.04 bits per heavy atom. The first kappa shape index (κ1) is 16.9. The molecule has 0 N–H and O–H groups in total. The van der Waals surface area contributed by atoms with Gasteiger partial charge in [-0.2, -0.15) is 0 Å². The minimum atomic E-state index is -0.498. The number of thiazole rings is 1. The van der Waals surface area contributed by atoms with E-state index in [2.05, 4.69) is 9.72 Å². The van der Waals surface area contributed by atoms with Crippen molar-refractivity contribution in [3.63, 3.8) is 0 Å². The Labute approximate surface area is 148 Å². The van der Waals surface area contributed by atoms with Crippen LogP contribution in [0.3, 0.4) is 0 Å². The molecule has 0 saturated heterocycles. The fourth-order valence-corrected chi connectivity index (χ4v) is 3.00. The highest BCUT2D eigenvalue weighted by Crippen LogP contribution is 2.23. The summed E-state index contributed by atoms with van der Waals surface area (Å²) in [6.07, 6.45) is 0. The zero-order valence-corrected chi connectivity index (χ0v) is 14.3. The van der Waals surface area contributed by atoms with Crippen LogP contribution in [0.2, 0.25) is 0 Å². The molecule has 0 bridgehead atoms. The fourth-order valence-electron chi connectivity index (χ4n) is 2.21. The molecule has 0 spiro atoms. The smallest absolute Gasteiger partial charge is 0.358 e. The molecule has 0 radical (unpaired) electrons. The van der Waals surface area contributed by atoms with Gasteiger partial charge in [-0.3, -0.25) is 0 Å². The van der Waals surface area contributed by atoms with Crippen LogP contribution in [0.5, 0.6) is 0 Å². The van der Waals surface area contributed by atoms with Crippen molar-refractivity contribution in [1.29, 1.82) is 0 Å². The van der Waals surface area contributed by atoms with Gasteiger partial charge in [0, 0.05) is 10.9 Å². The molecule has 3 rings (SSSR count).